The summed E-state index contributed by atoms with van der Waals surface area (Å²) in [6.45, 7) is 1.06. The largest absolute Gasteiger partial charge is 0.480 e. The van der Waals surface area contributed by atoms with Gasteiger partial charge in [0, 0.05) is 31.9 Å². The molecule has 2 aromatic carbocycles. The highest BCUT2D eigenvalue weighted by Gasteiger charge is 2.49. The molecule has 5 rings (SSSR count). The van der Waals surface area contributed by atoms with Crippen molar-refractivity contribution in [2.24, 2.45) is 0 Å². The first-order chi connectivity index (χ1) is 16.5. The zero-order valence-electron chi connectivity index (χ0n) is 18.8. The zero-order valence-corrected chi connectivity index (χ0v) is 18.8. The number of nitrogens with one attached hydrogen (secondary N) is 1. The Kier molecular flexibility index (Phi) is 6.24. The van der Waals surface area contributed by atoms with E-state index < -0.39 is 18.1 Å². The number of rotatable bonds is 7. The van der Waals surface area contributed by atoms with Crippen LogP contribution in [0.2, 0.25) is 0 Å². The normalized spacial score (nSPS) is 22.7. The predicted molar refractivity (Wildman–Crippen MR) is 123 cm³/mol. The minimum Gasteiger partial charge on any atom is -0.480 e. The monoisotopic (exact) mass is 464 g/mol. The van der Waals surface area contributed by atoms with Gasteiger partial charge >= 0.3 is 12.1 Å². The Morgan fingerprint density at radius 3 is 2.41 bits per heavy atom. The maximum atomic E-state index is 12.7. The summed E-state index contributed by atoms with van der Waals surface area (Å²) in [5.41, 5.74) is 4.63. The molecule has 3 aliphatic rings. The summed E-state index contributed by atoms with van der Waals surface area (Å²) in [4.78, 5) is 38.1. The van der Waals surface area contributed by atoms with Crippen LogP contribution in [-0.2, 0) is 19.1 Å². The molecule has 2 aromatic rings. The van der Waals surface area contributed by atoms with Crippen LogP contribution in [0.25, 0.3) is 11.1 Å². The molecule has 2 N–H and O–H groups in total. The van der Waals surface area contributed by atoms with Crippen LogP contribution in [-0.4, -0.2) is 65.9 Å². The van der Waals surface area contributed by atoms with Gasteiger partial charge in [0.05, 0.1) is 12.1 Å². The SMILES string of the molecule is O=C(NCCCC(=O)N1C(C(=O)O)C[C@@H]2OCC[C@@H]21)OCC1c2ccccc2-c2ccccc21. The van der Waals surface area contributed by atoms with Gasteiger partial charge in [0.25, 0.3) is 0 Å². The number of likely N-dealkylation sites (tertiary alicyclic amines) is 1. The fourth-order valence-electron chi connectivity index (χ4n) is 5.53. The summed E-state index contributed by atoms with van der Waals surface area (Å²) < 4.78 is 11.1. The van der Waals surface area contributed by atoms with Crippen molar-refractivity contribution in [2.75, 3.05) is 19.8 Å². The molecule has 3 atom stereocenters. The molecule has 0 spiro atoms. The maximum absolute atomic E-state index is 12.7. The molecule has 2 aliphatic heterocycles. The van der Waals surface area contributed by atoms with Crippen LogP contribution in [0.5, 0.6) is 0 Å². The van der Waals surface area contributed by atoms with Gasteiger partial charge in [-0.05, 0) is 35.1 Å². The van der Waals surface area contributed by atoms with Crippen LogP contribution in [0.15, 0.2) is 48.5 Å². The topological polar surface area (TPSA) is 105 Å². The van der Waals surface area contributed by atoms with E-state index in [0.717, 1.165) is 11.1 Å². The highest BCUT2D eigenvalue weighted by atomic mass is 16.5. The van der Waals surface area contributed by atoms with Crippen LogP contribution < -0.4 is 5.32 Å². The molecule has 2 fully saturated rings. The summed E-state index contributed by atoms with van der Waals surface area (Å²) in [5.74, 6) is -1.22. The quantitative estimate of drug-likeness (QED) is 0.610. The lowest BCUT2D eigenvalue weighted by Crippen LogP contribution is -2.45. The molecule has 34 heavy (non-hydrogen) atoms. The van der Waals surface area contributed by atoms with E-state index in [2.05, 4.69) is 29.6 Å². The number of hydrogen-bond donors (Lipinski definition) is 2. The number of alkyl carbamates (subject to hydrolysis) is 1. The number of carboxylic acids is 1. The van der Waals surface area contributed by atoms with Crippen LogP contribution in [0, 0.1) is 0 Å². The molecule has 1 aliphatic carbocycles. The second-order valence-electron chi connectivity index (χ2n) is 9.01. The van der Waals surface area contributed by atoms with E-state index in [1.54, 1.807) is 0 Å². The van der Waals surface area contributed by atoms with Crippen molar-refractivity contribution in [3.8, 4) is 11.1 Å². The molecule has 0 bridgehead atoms. The molecule has 2 saturated heterocycles. The molecular weight excluding hydrogens is 436 g/mol. The highest BCUT2D eigenvalue weighted by molar-refractivity contribution is 5.85. The number of aliphatic carboxylic acids is 1. The lowest BCUT2D eigenvalue weighted by molar-refractivity contribution is -0.149. The first kappa shape index (κ1) is 22.4. The van der Waals surface area contributed by atoms with Crippen molar-refractivity contribution in [3.05, 3.63) is 59.7 Å². The number of hydrogen-bond acceptors (Lipinski definition) is 5. The Bertz CT molecular complexity index is 1060. The number of fused-ring (bicyclic) bond motifs is 4. The smallest absolute Gasteiger partial charge is 0.407 e. The number of carboxylic acid groups (broad SMARTS) is 1. The minimum atomic E-state index is -0.997. The van der Waals surface area contributed by atoms with Gasteiger partial charge < -0.3 is 24.8 Å². The number of carbonyl (C=O) groups excluding carboxylic acids is 2. The Hall–Kier alpha value is -3.39. The first-order valence-corrected chi connectivity index (χ1v) is 11.8. The third-order valence-corrected chi connectivity index (χ3v) is 7.08. The summed E-state index contributed by atoms with van der Waals surface area (Å²) in [6.07, 6.45) is 0.857. The molecule has 0 saturated carbocycles. The van der Waals surface area contributed by atoms with E-state index in [1.807, 2.05) is 24.3 Å². The van der Waals surface area contributed by atoms with Gasteiger partial charge in [-0.15, -0.1) is 0 Å². The van der Waals surface area contributed by atoms with Gasteiger partial charge in [0.1, 0.15) is 12.6 Å². The van der Waals surface area contributed by atoms with Gasteiger partial charge in [0.15, 0.2) is 0 Å². The number of carbonyl (C=O) groups is 3. The zero-order chi connectivity index (χ0) is 23.7. The van der Waals surface area contributed by atoms with Crippen molar-refractivity contribution in [3.63, 3.8) is 0 Å². The van der Waals surface area contributed by atoms with Crippen molar-refractivity contribution >= 4 is 18.0 Å². The van der Waals surface area contributed by atoms with E-state index in [-0.39, 0.29) is 43.5 Å². The van der Waals surface area contributed by atoms with E-state index in [9.17, 15) is 19.5 Å². The molecule has 2 heterocycles. The minimum absolute atomic E-state index is 0.00979. The summed E-state index contributed by atoms with van der Waals surface area (Å²) in [5, 5.41) is 12.2. The van der Waals surface area contributed by atoms with Gasteiger partial charge in [-0.2, -0.15) is 0 Å². The molecule has 178 valence electrons. The van der Waals surface area contributed by atoms with Gasteiger partial charge in [0.2, 0.25) is 5.91 Å². The van der Waals surface area contributed by atoms with Crippen molar-refractivity contribution in [1.82, 2.24) is 10.2 Å². The number of amides is 2. The summed E-state index contributed by atoms with van der Waals surface area (Å²) in [6, 6.07) is 15.3. The standard InChI is InChI=1S/C26H28N2O6/c29-24(28-21-11-13-33-23(21)14-22(28)25(30)31)10-5-12-27-26(32)34-15-20-18-8-3-1-6-16(18)17-7-2-4-9-19(17)20/h1-4,6-9,20-23H,5,10-15H2,(H,27,32)(H,30,31)/t21-,22?,23-/m0/s1. The van der Waals surface area contributed by atoms with Gasteiger partial charge in [-0.3, -0.25) is 4.79 Å². The van der Waals surface area contributed by atoms with Crippen LogP contribution in [0.1, 0.15) is 42.7 Å². The predicted octanol–water partition coefficient (Wildman–Crippen LogP) is 3.15. The lowest BCUT2D eigenvalue weighted by Gasteiger charge is -2.26. The highest BCUT2D eigenvalue weighted by Crippen LogP contribution is 2.44. The van der Waals surface area contributed by atoms with Gasteiger partial charge in [-0.25, -0.2) is 9.59 Å². The van der Waals surface area contributed by atoms with Crippen LogP contribution in [0.3, 0.4) is 0 Å². The van der Waals surface area contributed by atoms with Crippen LogP contribution >= 0.6 is 0 Å². The number of nitrogens with zero attached hydrogens (tertiary/aromatic N) is 1. The molecule has 1 unspecified atom stereocenters. The average molecular weight is 465 g/mol. The molecule has 8 heteroatoms. The Morgan fingerprint density at radius 1 is 1.06 bits per heavy atom. The Morgan fingerprint density at radius 2 is 1.74 bits per heavy atom. The fraction of sp³-hybridized carbons (Fsp3) is 0.423. The van der Waals surface area contributed by atoms with Gasteiger partial charge in [-0.1, -0.05) is 48.5 Å². The van der Waals surface area contributed by atoms with Crippen molar-refractivity contribution in [2.45, 2.75) is 49.8 Å². The maximum Gasteiger partial charge on any atom is 0.407 e. The third-order valence-electron chi connectivity index (χ3n) is 7.08. The molecule has 0 radical (unpaired) electrons. The van der Waals surface area contributed by atoms with Crippen LogP contribution in [0.4, 0.5) is 4.79 Å². The number of benzene rings is 2. The number of ether oxygens (including phenoxy) is 2. The Balaban J connectivity index is 1.10. The van der Waals surface area contributed by atoms with E-state index in [0.29, 0.717) is 25.9 Å². The molecule has 0 aromatic heterocycles. The van der Waals surface area contributed by atoms with E-state index in [1.165, 1.54) is 16.0 Å². The lowest BCUT2D eigenvalue weighted by atomic mass is 9.98. The summed E-state index contributed by atoms with van der Waals surface area (Å²) in [7, 11) is 0. The third kappa shape index (κ3) is 4.14. The first-order valence-electron chi connectivity index (χ1n) is 11.8. The molecule has 2 amide bonds. The Labute approximate surface area is 197 Å². The van der Waals surface area contributed by atoms with Crippen molar-refractivity contribution < 1.29 is 29.0 Å². The molecular formula is C26H28N2O6. The second-order valence-corrected chi connectivity index (χ2v) is 9.01. The van der Waals surface area contributed by atoms with E-state index >= 15 is 0 Å². The summed E-state index contributed by atoms with van der Waals surface area (Å²) >= 11 is 0. The molecule has 8 nitrogen and oxygen atoms in total. The van der Waals surface area contributed by atoms with Crippen molar-refractivity contribution in [1.29, 1.82) is 0 Å². The fourth-order valence-corrected chi connectivity index (χ4v) is 5.53. The average Bonchev–Trinajstić information content (AvgIpc) is 3.52. The van der Waals surface area contributed by atoms with E-state index in [4.69, 9.17) is 9.47 Å². The second kappa shape index (κ2) is 9.46.